The molecule has 0 radical (unpaired) electrons. The van der Waals surface area contributed by atoms with Gasteiger partial charge in [0, 0.05) is 10.6 Å². The van der Waals surface area contributed by atoms with Gasteiger partial charge in [-0.25, -0.2) is 4.39 Å². The summed E-state index contributed by atoms with van der Waals surface area (Å²) in [5.41, 5.74) is 5.93. The maximum absolute atomic E-state index is 13.2. The molecule has 0 heterocycles. The maximum atomic E-state index is 13.2. The summed E-state index contributed by atoms with van der Waals surface area (Å²) < 4.78 is 13.2. The molecular formula is C10H13ClFN. The molecule has 1 aromatic carbocycles. The SMILES string of the molecule is CC(C)(N)Cc1cc(Cl)ccc1F. The van der Waals surface area contributed by atoms with E-state index < -0.39 is 5.54 Å². The zero-order chi connectivity index (χ0) is 10.1. The van der Waals surface area contributed by atoms with Gasteiger partial charge in [0.15, 0.2) is 0 Å². The van der Waals surface area contributed by atoms with Crippen molar-refractivity contribution in [1.29, 1.82) is 0 Å². The highest BCUT2D eigenvalue weighted by molar-refractivity contribution is 6.30. The average Bonchev–Trinajstić information content (AvgIpc) is 1.94. The number of benzene rings is 1. The number of hydrogen-bond acceptors (Lipinski definition) is 1. The van der Waals surface area contributed by atoms with Crippen LogP contribution in [-0.4, -0.2) is 5.54 Å². The van der Waals surface area contributed by atoms with Crippen molar-refractivity contribution in [2.45, 2.75) is 25.8 Å². The van der Waals surface area contributed by atoms with Crippen molar-refractivity contribution in [3.63, 3.8) is 0 Å². The van der Waals surface area contributed by atoms with Crippen LogP contribution in [0.15, 0.2) is 18.2 Å². The minimum absolute atomic E-state index is 0.247. The summed E-state index contributed by atoms with van der Waals surface area (Å²) in [5, 5.41) is 0.542. The lowest BCUT2D eigenvalue weighted by Crippen LogP contribution is -2.34. The van der Waals surface area contributed by atoms with E-state index in [0.29, 0.717) is 17.0 Å². The zero-order valence-electron chi connectivity index (χ0n) is 7.77. The Morgan fingerprint density at radius 2 is 2.08 bits per heavy atom. The third-order valence-electron chi connectivity index (χ3n) is 1.65. The van der Waals surface area contributed by atoms with Crippen LogP contribution in [-0.2, 0) is 6.42 Å². The van der Waals surface area contributed by atoms with Gasteiger partial charge in [0.1, 0.15) is 5.82 Å². The molecule has 0 fully saturated rings. The van der Waals surface area contributed by atoms with Crippen LogP contribution in [0.2, 0.25) is 5.02 Å². The third kappa shape index (κ3) is 3.33. The summed E-state index contributed by atoms with van der Waals surface area (Å²) in [6.45, 7) is 3.71. The Bertz CT molecular complexity index is 304. The van der Waals surface area contributed by atoms with Crippen LogP contribution in [0.5, 0.6) is 0 Å². The van der Waals surface area contributed by atoms with Gasteiger partial charge in [-0.2, -0.15) is 0 Å². The lowest BCUT2D eigenvalue weighted by molar-refractivity contribution is 0.497. The Hall–Kier alpha value is -0.600. The molecule has 1 nitrogen and oxygen atoms in total. The standard InChI is InChI=1S/C10H13ClFN/c1-10(2,13)6-7-5-8(11)3-4-9(7)12/h3-5H,6,13H2,1-2H3. The molecule has 0 saturated carbocycles. The number of halogens is 2. The fourth-order valence-corrected chi connectivity index (χ4v) is 1.36. The first-order valence-corrected chi connectivity index (χ1v) is 4.49. The second-order valence-electron chi connectivity index (χ2n) is 3.90. The Morgan fingerprint density at radius 3 is 2.62 bits per heavy atom. The minimum atomic E-state index is -0.411. The summed E-state index contributed by atoms with van der Waals surface area (Å²) in [4.78, 5) is 0. The van der Waals surface area contributed by atoms with Gasteiger partial charge in [-0.1, -0.05) is 11.6 Å². The van der Waals surface area contributed by atoms with Crippen LogP contribution < -0.4 is 5.73 Å². The van der Waals surface area contributed by atoms with Gasteiger partial charge < -0.3 is 5.73 Å². The molecule has 3 heteroatoms. The van der Waals surface area contributed by atoms with Gasteiger partial charge in [-0.15, -0.1) is 0 Å². The van der Waals surface area contributed by atoms with E-state index in [1.54, 1.807) is 6.07 Å². The molecule has 0 unspecified atom stereocenters. The average molecular weight is 202 g/mol. The highest BCUT2D eigenvalue weighted by atomic mass is 35.5. The van der Waals surface area contributed by atoms with Crippen LogP contribution in [0, 0.1) is 5.82 Å². The quantitative estimate of drug-likeness (QED) is 0.783. The van der Waals surface area contributed by atoms with E-state index in [1.807, 2.05) is 13.8 Å². The second kappa shape index (κ2) is 3.64. The first kappa shape index (κ1) is 10.5. The first-order chi connectivity index (χ1) is 5.88. The van der Waals surface area contributed by atoms with Crippen molar-refractivity contribution in [2.75, 3.05) is 0 Å². The Labute approximate surface area is 82.7 Å². The van der Waals surface area contributed by atoms with Gasteiger partial charge in [0.2, 0.25) is 0 Å². The smallest absolute Gasteiger partial charge is 0.126 e. The van der Waals surface area contributed by atoms with Crippen molar-refractivity contribution in [3.8, 4) is 0 Å². The van der Waals surface area contributed by atoms with Gasteiger partial charge >= 0.3 is 0 Å². The predicted octanol–water partition coefficient (Wildman–Crippen LogP) is 2.76. The Balaban J connectivity index is 2.94. The van der Waals surface area contributed by atoms with Gasteiger partial charge in [-0.05, 0) is 44.0 Å². The highest BCUT2D eigenvalue weighted by Crippen LogP contribution is 2.18. The molecule has 0 bridgehead atoms. The highest BCUT2D eigenvalue weighted by Gasteiger charge is 2.14. The molecule has 0 aliphatic rings. The fourth-order valence-electron chi connectivity index (χ4n) is 1.17. The number of nitrogens with two attached hydrogens (primary N) is 1. The van der Waals surface area contributed by atoms with Gasteiger partial charge in [0.25, 0.3) is 0 Å². The predicted molar refractivity (Wildman–Crippen MR) is 53.4 cm³/mol. The molecule has 0 aliphatic heterocycles. The molecule has 1 rings (SSSR count). The summed E-state index contributed by atoms with van der Waals surface area (Å²) in [7, 11) is 0. The van der Waals surface area contributed by atoms with E-state index in [-0.39, 0.29) is 5.82 Å². The molecule has 13 heavy (non-hydrogen) atoms. The summed E-state index contributed by atoms with van der Waals surface area (Å²) in [5.74, 6) is -0.247. The van der Waals surface area contributed by atoms with E-state index >= 15 is 0 Å². The lowest BCUT2D eigenvalue weighted by Gasteiger charge is -2.18. The minimum Gasteiger partial charge on any atom is -0.325 e. The molecule has 2 N–H and O–H groups in total. The van der Waals surface area contributed by atoms with E-state index in [4.69, 9.17) is 17.3 Å². The van der Waals surface area contributed by atoms with E-state index in [2.05, 4.69) is 0 Å². The van der Waals surface area contributed by atoms with Crippen LogP contribution in [0.3, 0.4) is 0 Å². The van der Waals surface area contributed by atoms with Crippen LogP contribution >= 0.6 is 11.6 Å². The van der Waals surface area contributed by atoms with Gasteiger partial charge in [-0.3, -0.25) is 0 Å². The molecule has 72 valence electrons. The van der Waals surface area contributed by atoms with E-state index in [0.717, 1.165) is 0 Å². The van der Waals surface area contributed by atoms with Crippen LogP contribution in [0.25, 0.3) is 0 Å². The molecule has 0 spiro atoms. The molecule has 0 atom stereocenters. The van der Waals surface area contributed by atoms with Crippen molar-refractivity contribution in [3.05, 3.63) is 34.6 Å². The van der Waals surface area contributed by atoms with Crippen molar-refractivity contribution in [1.82, 2.24) is 0 Å². The van der Waals surface area contributed by atoms with Crippen molar-refractivity contribution < 1.29 is 4.39 Å². The first-order valence-electron chi connectivity index (χ1n) is 4.11. The number of hydrogen-bond donors (Lipinski definition) is 1. The summed E-state index contributed by atoms with van der Waals surface area (Å²) in [6, 6.07) is 4.51. The Kier molecular flexibility index (Phi) is 2.94. The molecule has 0 aliphatic carbocycles. The Morgan fingerprint density at radius 1 is 1.46 bits per heavy atom. The normalized spacial score (nSPS) is 11.8. The third-order valence-corrected chi connectivity index (χ3v) is 1.89. The maximum Gasteiger partial charge on any atom is 0.126 e. The molecule has 0 amide bonds. The topological polar surface area (TPSA) is 26.0 Å². The summed E-state index contributed by atoms with van der Waals surface area (Å²) in [6.07, 6.45) is 0.486. The zero-order valence-corrected chi connectivity index (χ0v) is 8.53. The van der Waals surface area contributed by atoms with Crippen molar-refractivity contribution in [2.24, 2.45) is 5.73 Å². The van der Waals surface area contributed by atoms with Crippen LogP contribution in [0.1, 0.15) is 19.4 Å². The largest absolute Gasteiger partial charge is 0.325 e. The second-order valence-corrected chi connectivity index (χ2v) is 4.34. The monoisotopic (exact) mass is 201 g/mol. The lowest BCUT2D eigenvalue weighted by atomic mass is 9.96. The van der Waals surface area contributed by atoms with E-state index in [9.17, 15) is 4.39 Å². The van der Waals surface area contributed by atoms with Crippen molar-refractivity contribution >= 4 is 11.6 Å². The van der Waals surface area contributed by atoms with Crippen LogP contribution in [0.4, 0.5) is 4.39 Å². The molecule has 0 aromatic heterocycles. The van der Waals surface area contributed by atoms with Gasteiger partial charge in [0.05, 0.1) is 0 Å². The fraction of sp³-hybridized carbons (Fsp3) is 0.400. The molecular weight excluding hydrogens is 189 g/mol. The number of rotatable bonds is 2. The molecule has 1 aromatic rings. The molecule has 0 saturated heterocycles. The summed E-state index contributed by atoms with van der Waals surface area (Å²) >= 11 is 5.74. The van der Waals surface area contributed by atoms with E-state index in [1.165, 1.54) is 12.1 Å².